The molecule has 2 aromatic rings. The number of benzene rings is 1. The second kappa shape index (κ2) is 4.28. The highest BCUT2D eigenvalue weighted by Crippen LogP contribution is 2.27. The Bertz CT molecular complexity index is 544. The standard InChI is InChI=1S/C13H14F2N2/c1-8(2)10-4-13(15)11(5-12(10)14)9-6-16-17(3)7-9/h4-8H,1-3H3/p+1. The van der Waals surface area contributed by atoms with E-state index in [1.54, 1.807) is 24.1 Å². The maximum atomic E-state index is 13.9. The highest BCUT2D eigenvalue weighted by Gasteiger charge is 2.16. The van der Waals surface area contributed by atoms with Gasteiger partial charge in [0.05, 0.1) is 11.8 Å². The van der Waals surface area contributed by atoms with Gasteiger partial charge in [0, 0.05) is 5.56 Å². The topological polar surface area (TPSA) is 19.7 Å². The Morgan fingerprint density at radius 3 is 2.41 bits per heavy atom. The summed E-state index contributed by atoms with van der Waals surface area (Å²) in [5.41, 5.74) is 1.33. The molecule has 0 atom stereocenters. The third-order valence-corrected chi connectivity index (χ3v) is 2.78. The molecule has 0 radical (unpaired) electrons. The monoisotopic (exact) mass is 237 g/mol. The lowest BCUT2D eigenvalue weighted by Crippen LogP contribution is -2.27. The molecule has 0 spiro atoms. The molecule has 1 heterocycles. The van der Waals surface area contributed by atoms with Crippen LogP contribution in [0.5, 0.6) is 0 Å². The normalized spacial score (nSPS) is 11.2. The van der Waals surface area contributed by atoms with Gasteiger partial charge in [0.25, 0.3) is 0 Å². The van der Waals surface area contributed by atoms with Crippen LogP contribution in [0.25, 0.3) is 11.1 Å². The molecule has 0 bridgehead atoms. The molecule has 0 fully saturated rings. The van der Waals surface area contributed by atoms with E-state index in [-0.39, 0.29) is 17.3 Å². The summed E-state index contributed by atoms with van der Waals surface area (Å²) in [7, 11) is 1.79. The van der Waals surface area contributed by atoms with Crippen LogP contribution < -0.4 is 4.68 Å². The van der Waals surface area contributed by atoms with Crippen molar-refractivity contribution in [2.24, 2.45) is 7.05 Å². The SMILES string of the molecule is CC(C)c1cc(F)c(-c2c[nH][n+](C)c2)cc1F. The van der Waals surface area contributed by atoms with Crippen molar-refractivity contribution in [3.8, 4) is 11.1 Å². The van der Waals surface area contributed by atoms with E-state index >= 15 is 0 Å². The number of halogens is 2. The average Bonchev–Trinajstić information content (AvgIpc) is 2.67. The number of H-pyrrole nitrogens is 1. The van der Waals surface area contributed by atoms with Crippen LogP contribution in [-0.4, -0.2) is 5.10 Å². The Balaban J connectivity index is 2.54. The summed E-state index contributed by atoms with van der Waals surface area (Å²) in [6.45, 7) is 3.68. The summed E-state index contributed by atoms with van der Waals surface area (Å²) in [6.07, 6.45) is 3.36. The number of hydrogen-bond acceptors (Lipinski definition) is 0. The Morgan fingerprint density at radius 2 is 1.88 bits per heavy atom. The van der Waals surface area contributed by atoms with Crippen molar-refractivity contribution in [1.82, 2.24) is 5.10 Å². The third-order valence-electron chi connectivity index (χ3n) is 2.78. The van der Waals surface area contributed by atoms with Crippen LogP contribution in [-0.2, 0) is 7.05 Å². The maximum Gasteiger partial charge on any atom is 0.203 e. The minimum absolute atomic E-state index is 0.0270. The van der Waals surface area contributed by atoms with E-state index in [4.69, 9.17) is 0 Å². The first-order chi connectivity index (χ1) is 7.99. The van der Waals surface area contributed by atoms with Crippen LogP contribution in [0, 0.1) is 11.6 Å². The summed E-state index contributed by atoms with van der Waals surface area (Å²) in [5, 5.41) is 2.88. The predicted molar refractivity (Wildman–Crippen MR) is 61.4 cm³/mol. The molecule has 0 aliphatic rings. The number of rotatable bonds is 2. The van der Waals surface area contributed by atoms with E-state index in [2.05, 4.69) is 5.10 Å². The summed E-state index contributed by atoms with van der Waals surface area (Å²) >= 11 is 0. The van der Waals surface area contributed by atoms with Crippen molar-refractivity contribution >= 4 is 0 Å². The molecule has 90 valence electrons. The molecule has 17 heavy (non-hydrogen) atoms. The minimum Gasteiger partial charge on any atom is -0.207 e. The van der Waals surface area contributed by atoms with Crippen molar-refractivity contribution in [3.05, 3.63) is 41.7 Å². The van der Waals surface area contributed by atoms with E-state index in [9.17, 15) is 8.78 Å². The first kappa shape index (κ1) is 11.8. The third kappa shape index (κ3) is 2.20. The molecule has 4 heteroatoms. The van der Waals surface area contributed by atoms with Crippen LogP contribution in [0.3, 0.4) is 0 Å². The number of nitrogens with one attached hydrogen (secondary N) is 1. The van der Waals surface area contributed by atoms with E-state index in [0.29, 0.717) is 11.1 Å². The van der Waals surface area contributed by atoms with Gasteiger partial charge in [-0.2, -0.15) is 5.10 Å². The molecule has 0 saturated heterocycles. The summed E-state index contributed by atoms with van der Waals surface area (Å²) in [5.74, 6) is -0.782. The zero-order valence-electron chi connectivity index (χ0n) is 10.1. The van der Waals surface area contributed by atoms with Crippen molar-refractivity contribution < 1.29 is 13.5 Å². The van der Waals surface area contributed by atoms with E-state index < -0.39 is 5.82 Å². The fourth-order valence-corrected chi connectivity index (χ4v) is 1.83. The van der Waals surface area contributed by atoms with E-state index in [1.165, 1.54) is 12.1 Å². The van der Waals surface area contributed by atoms with Gasteiger partial charge in [-0.15, -0.1) is 4.68 Å². The van der Waals surface area contributed by atoms with Gasteiger partial charge < -0.3 is 0 Å². The van der Waals surface area contributed by atoms with Crippen LogP contribution in [0.1, 0.15) is 25.3 Å². The predicted octanol–water partition coefficient (Wildman–Crippen LogP) is 2.91. The maximum absolute atomic E-state index is 13.9. The molecule has 2 rings (SSSR count). The molecule has 1 N–H and O–H groups in total. The molecular formula is C13H15F2N2+. The van der Waals surface area contributed by atoms with Crippen LogP contribution in [0.15, 0.2) is 24.5 Å². The van der Waals surface area contributed by atoms with Gasteiger partial charge in [0.2, 0.25) is 6.20 Å². The highest BCUT2D eigenvalue weighted by atomic mass is 19.1. The van der Waals surface area contributed by atoms with Crippen molar-refractivity contribution in [1.29, 1.82) is 0 Å². The molecule has 0 saturated carbocycles. The van der Waals surface area contributed by atoms with Gasteiger partial charge in [-0.3, -0.25) is 0 Å². The molecule has 0 amide bonds. The Hall–Kier alpha value is -1.71. The molecular weight excluding hydrogens is 222 g/mol. The van der Waals surface area contributed by atoms with Gasteiger partial charge in [-0.25, -0.2) is 8.78 Å². The first-order valence-corrected chi connectivity index (χ1v) is 5.52. The van der Waals surface area contributed by atoms with Crippen molar-refractivity contribution in [2.75, 3.05) is 0 Å². The molecule has 2 nitrogen and oxygen atoms in total. The first-order valence-electron chi connectivity index (χ1n) is 5.52. The number of aromatic nitrogens is 2. The lowest BCUT2D eigenvalue weighted by molar-refractivity contribution is -0.726. The van der Waals surface area contributed by atoms with Gasteiger partial charge in [-0.1, -0.05) is 13.8 Å². The second-order valence-corrected chi connectivity index (χ2v) is 4.48. The van der Waals surface area contributed by atoms with Crippen molar-refractivity contribution in [3.63, 3.8) is 0 Å². The molecule has 0 aliphatic heterocycles. The lowest BCUT2D eigenvalue weighted by Gasteiger charge is -2.09. The second-order valence-electron chi connectivity index (χ2n) is 4.48. The van der Waals surface area contributed by atoms with Crippen LogP contribution in [0.2, 0.25) is 0 Å². The van der Waals surface area contributed by atoms with E-state index in [1.807, 2.05) is 13.8 Å². The average molecular weight is 237 g/mol. The number of hydrogen-bond donors (Lipinski definition) is 1. The van der Waals surface area contributed by atoms with Gasteiger partial charge in [0.1, 0.15) is 11.6 Å². The molecule has 0 unspecified atom stereocenters. The number of aromatic amines is 1. The smallest absolute Gasteiger partial charge is 0.203 e. The molecule has 1 aromatic heterocycles. The van der Waals surface area contributed by atoms with Gasteiger partial charge in [0.15, 0.2) is 7.05 Å². The van der Waals surface area contributed by atoms with Crippen LogP contribution >= 0.6 is 0 Å². The summed E-state index contributed by atoms with van der Waals surface area (Å²) in [4.78, 5) is 0. The van der Waals surface area contributed by atoms with E-state index in [0.717, 1.165) is 0 Å². The Kier molecular flexibility index (Phi) is 2.96. The summed E-state index contributed by atoms with van der Waals surface area (Å²) in [6, 6.07) is 2.54. The van der Waals surface area contributed by atoms with Gasteiger partial charge in [-0.05, 0) is 23.6 Å². The fourth-order valence-electron chi connectivity index (χ4n) is 1.83. The largest absolute Gasteiger partial charge is 0.207 e. The quantitative estimate of drug-likeness (QED) is 0.775. The Morgan fingerprint density at radius 1 is 1.18 bits per heavy atom. The zero-order chi connectivity index (χ0) is 12.6. The zero-order valence-corrected chi connectivity index (χ0v) is 10.1. The molecule has 1 aromatic carbocycles. The van der Waals surface area contributed by atoms with Crippen LogP contribution in [0.4, 0.5) is 8.78 Å². The molecule has 0 aliphatic carbocycles. The van der Waals surface area contributed by atoms with Crippen molar-refractivity contribution in [2.45, 2.75) is 19.8 Å². The minimum atomic E-state index is -0.394. The number of nitrogens with zero attached hydrogens (tertiary/aromatic N) is 1. The number of aryl methyl sites for hydroxylation is 1. The summed E-state index contributed by atoms with van der Waals surface area (Å²) < 4.78 is 29.4. The Labute approximate surface area is 98.9 Å². The van der Waals surface area contributed by atoms with Gasteiger partial charge >= 0.3 is 0 Å². The fraction of sp³-hybridized carbons (Fsp3) is 0.308. The highest BCUT2D eigenvalue weighted by molar-refractivity contribution is 5.62. The lowest BCUT2D eigenvalue weighted by atomic mass is 9.98.